The molecule has 1 N–H and O–H groups in total. The molecule has 31 heavy (non-hydrogen) atoms. The lowest BCUT2D eigenvalue weighted by Crippen LogP contribution is -2.01. The number of nitro groups is 2. The van der Waals surface area contributed by atoms with E-state index in [4.69, 9.17) is 0 Å². The predicted molar refractivity (Wildman–Crippen MR) is 126 cm³/mol. The number of nitrogens with one attached hydrogen (secondary N) is 1. The highest BCUT2D eigenvalue weighted by Crippen LogP contribution is 2.28. The summed E-state index contributed by atoms with van der Waals surface area (Å²) < 4.78 is 0. The highest BCUT2D eigenvalue weighted by molar-refractivity contribution is 5.73. The number of unbranched alkanes of at least 4 members (excludes halogenated alkanes) is 7. The van der Waals surface area contributed by atoms with Crippen LogP contribution in [0.4, 0.5) is 17.1 Å². The molecule has 0 saturated heterocycles. The van der Waals surface area contributed by atoms with Crippen LogP contribution in [0.5, 0.6) is 0 Å². The zero-order chi connectivity index (χ0) is 22.5. The maximum Gasteiger partial charge on any atom is 0.346 e. The maximum atomic E-state index is 11.1. The van der Waals surface area contributed by atoms with Gasteiger partial charge in [0.05, 0.1) is 9.85 Å². The molecule has 0 aliphatic carbocycles. The molecule has 0 fully saturated rings. The minimum Gasteiger partial charge on any atom is -0.385 e. The Morgan fingerprint density at radius 3 is 1.90 bits per heavy atom. The lowest BCUT2D eigenvalue weighted by atomic mass is 10.1. The molecule has 0 radical (unpaired) electrons. The first-order valence-electron chi connectivity index (χ1n) is 11.0. The van der Waals surface area contributed by atoms with Gasteiger partial charge >= 0.3 is 11.4 Å². The fourth-order valence-corrected chi connectivity index (χ4v) is 3.34. The Morgan fingerprint density at radius 2 is 1.29 bits per heavy atom. The van der Waals surface area contributed by atoms with Crippen LogP contribution in [0.2, 0.25) is 0 Å². The zero-order valence-corrected chi connectivity index (χ0v) is 18.1. The predicted octanol–water partition coefficient (Wildman–Crippen LogP) is 7.23. The largest absolute Gasteiger partial charge is 0.385 e. The standard InChI is InChI=1S/C24H31N3O4/c1-2-3-4-5-6-7-8-9-18-25-22-15-12-20(13-16-22)10-11-21-14-17-23(26(28)29)24(19-21)27(30)31/h10-17,19,25H,2-9,18H2,1H3. The lowest BCUT2D eigenvalue weighted by molar-refractivity contribution is -0.422. The summed E-state index contributed by atoms with van der Waals surface area (Å²) in [7, 11) is 0. The molecule has 7 nitrogen and oxygen atoms in total. The third kappa shape index (κ3) is 8.58. The third-order valence-electron chi connectivity index (χ3n) is 5.13. The van der Waals surface area contributed by atoms with Gasteiger partial charge < -0.3 is 5.32 Å². The minimum atomic E-state index is -0.745. The average Bonchev–Trinajstić information content (AvgIpc) is 2.77. The molecule has 166 valence electrons. The van der Waals surface area contributed by atoms with Crippen molar-refractivity contribution in [3.05, 3.63) is 73.8 Å². The van der Waals surface area contributed by atoms with Crippen LogP contribution in [-0.2, 0) is 0 Å². The smallest absolute Gasteiger partial charge is 0.346 e. The second kappa shape index (κ2) is 13.2. The molecule has 0 spiro atoms. The van der Waals surface area contributed by atoms with Crippen molar-refractivity contribution < 1.29 is 9.85 Å². The number of hydrogen-bond donors (Lipinski definition) is 1. The van der Waals surface area contributed by atoms with E-state index in [9.17, 15) is 20.2 Å². The van der Waals surface area contributed by atoms with Gasteiger partial charge in [0.15, 0.2) is 0 Å². The minimum absolute atomic E-state index is 0.505. The molecule has 0 bridgehead atoms. The Balaban J connectivity index is 1.79. The molecule has 2 rings (SSSR count). The van der Waals surface area contributed by atoms with Gasteiger partial charge in [0, 0.05) is 24.4 Å². The van der Waals surface area contributed by atoms with Crippen LogP contribution in [0.25, 0.3) is 12.2 Å². The Kier molecular flexibility index (Phi) is 10.2. The SMILES string of the molecule is CCCCCCCCCCNc1ccc(C=Cc2ccc([N+](=O)[O-])c([N+](=O)[O-])c2)cc1. The first kappa shape index (κ1) is 24.1. The van der Waals surface area contributed by atoms with Crippen molar-refractivity contribution in [2.24, 2.45) is 0 Å². The van der Waals surface area contributed by atoms with E-state index in [1.807, 2.05) is 30.3 Å². The monoisotopic (exact) mass is 425 g/mol. The number of anilines is 1. The van der Waals surface area contributed by atoms with Gasteiger partial charge in [0.25, 0.3) is 0 Å². The molecule has 0 aliphatic rings. The molecule has 0 amide bonds. The van der Waals surface area contributed by atoms with E-state index in [0.29, 0.717) is 5.56 Å². The summed E-state index contributed by atoms with van der Waals surface area (Å²) in [6, 6.07) is 11.8. The van der Waals surface area contributed by atoms with Crippen molar-refractivity contribution in [1.82, 2.24) is 0 Å². The fraction of sp³-hybridized carbons (Fsp3) is 0.417. The Bertz CT molecular complexity index is 879. The Morgan fingerprint density at radius 1 is 0.742 bits per heavy atom. The number of rotatable bonds is 14. The molecule has 0 aliphatic heterocycles. The van der Waals surface area contributed by atoms with Crippen LogP contribution >= 0.6 is 0 Å². The van der Waals surface area contributed by atoms with Crippen LogP contribution < -0.4 is 5.32 Å². The fourth-order valence-electron chi connectivity index (χ4n) is 3.34. The quantitative estimate of drug-likeness (QED) is 0.149. The van der Waals surface area contributed by atoms with Crippen LogP contribution in [0.3, 0.4) is 0 Å². The number of nitro benzene ring substituents is 2. The van der Waals surface area contributed by atoms with E-state index >= 15 is 0 Å². The second-order valence-electron chi connectivity index (χ2n) is 7.62. The molecule has 0 atom stereocenters. The van der Waals surface area contributed by atoms with Gasteiger partial charge in [-0.1, -0.05) is 76.2 Å². The molecule has 0 unspecified atom stereocenters. The van der Waals surface area contributed by atoms with Gasteiger partial charge in [-0.3, -0.25) is 20.2 Å². The summed E-state index contributed by atoms with van der Waals surface area (Å²) >= 11 is 0. The summed E-state index contributed by atoms with van der Waals surface area (Å²) in [6.07, 6.45) is 13.9. The van der Waals surface area contributed by atoms with E-state index in [-0.39, 0.29) is 0 Å². The first-order chi connectivity index (χ1) is 15.0. The number of benzene rings is 2. The van der Waals surface area contributed by atoms with Gasteiger partial charge in [-0.25, -0.2) is 0 Å². The summed E-state index contributed by atoms with van der Waals surface area (Å²) in [5.41, 5.74) is 1.53. The number of hydrogen-bond acceptors (Lipinski definition) is 5. The second-order valence-corrected chi connectivity index (χ2v) is 7.62. The van der Waals surface area contributed by atoms with Crippen LogP contribution in [0, 0.1) is 20.2 Å². The lowest BCUT2D eigenvalue weighted by Gasteiger charge is -2.07. The van der Waals surface area contributed by atoms with Gasteiger partial charge in [-0.05, 0) is 35.7 Å². The maximum absolute atomic E-state index is 11.1. The molecule has 0 heterocycles. The molecular formula is C24H31N3O4. The molecule has 0 aromatic heterocycles. The first-order valence-corrected chi connectivity index (χ1v) is 11.0. The highest BCUT2D eigenvalue weighted by Gasteiger charge is 2.23. The van der Waals surface area contributed by atoms with Crippen LogP contribution in [0.1, 0.15) is 69.4 Å². The Labute approximate surface area is 183 Å². The molecule has 2 aromatic carbocycles. The van der Waals surface area contributed by atoms with Crippen molar-refractivity contribution in [3.8, 4) is 0 Å². The third-order valence-corrected chi connectivity index (χ3v) is 5.13. The van der Waals surface area contributed by atoms with E-state index in [1.165, 1.54) is 57.1 Å². The van der Waals surface area contributed by atoms with Crippen molar-refractivity contribution in [2.75, 3.05) is 11.9 Å². The molecule has 7 heteroatoms. The van der Waals surface area contributed by atoms with Crippen molar-refractivity contribution >= 4 is 29.2 Å². The summed E-state index contributed by atoms with van der Waals surface area (Å²) in [5.74, 6) is 0. The Hall–Kier alpha value is -3.22. The van der Waals surface area contributed by atoms with Crippen LogP contribution in [0.15, 0.2) is 42.5 Å². The van der Waals surface area contributed by atoms with Crippen molar-refractivity contribution in [3.63, 3.8) is 0 Å². The van der Waals surface area contributed by atoms with E-state index < -0.39 is 21.2 Å². The van der Waals surface area contributed by atoms with E-state index in [1.54, 1.807) is 6.08 Å². The topological polar surface area (TPSA) is 98.3 Å². The highest BCUT2D eigenvalue weighted by atomic mass is 16.6. The van der Waals surface area contributed by atoms with Gasteiger partial charge in [-0.2, -0.15) is 0 Å². The normalized spacial score (nSPS) is 11.0. The van der Waals surface area contributed by atoms with E-state index in [2.05, 4.69) is 12.2 Å². The summed E-state index contributed by atoms with van der Waals surface area (Å²) in [5, 5.41) is 25.4. The van der Waals surface area contributed by atoms with Crippen molar-refractivity contribution in [1.29, 1.82) is 0 Å². The van der Waals surface area contributed by atoms with Gasteiger partial charge in [-0.15, -0.1) is 0 Å². The molecule has 0 saturated carbocycles. The average molecular weight is 426 g/mol. The summed E-state index contributed by atoms with van der Waals surface area (Å²) in [4.78, 5) is 20.5. The van der Waals surface area contributed by atoms with Crippen molar-refractivity contribution in [2.45, 2.75) is 58.3 Å². The van der Waals surface area contributed by atoms with Gasteiger partial charge in [0.1, 0.15) is 0 Å². The van der Waals surface area contributed by atoms with E-state index in [0.717, 1.165) is 30.3 Å². The summed E-state index contributed by atoms with van der Waals surface area (Å²) in [6.45, 7) is 3.19. The number of nitrogens with zero attached hydrogens (tertiary/aromatic N) is 2. The molecule has 2 aromatic rings. The zero-order valence-electron chi connectivity index (χ0n) is 18.1. The van der Waals surface area contributed by atoms with Crippen LogP contribution in [-0.4, -0.2) is 16.4 Å². The van der Waals surface area contributed by atoms with Gasteiger partial charge in [0.2, 0.25) is 0 Å². The molecular weight excluding hydrogens is 394 g/mol.